The van der Waals surface area contributed by atoms with Crippen LogP contribution in [0.25, 0.3) is 5.69 Å². The third-order valence-corrected chi connectivity index (χ3v) is 4.13. The van der Waals surface area contributed by atoms with Crippen molar-refractivity contribution in [3.63, 3.8) is 0 Å². The third kappa shape index (κ3) is 2.56. The molecule has 0 spiro atoms. The molecule has 1 aromatic carbocycles. The fraction of sp³-hybridized carbons (Fsp3) is 0.533. The molecule has 6 heteroatoms. The van der Waals surface area contributed by atoms with Crippen molar-refractivity contribution in [2.75, 3.05) is 13.7 Å². The van der Waals surface area contributed by atoms with Crippen molar-refractivity contribution in [2.45, 2.75) is 37.8 Å². The maximum absolute atomic E-state index is 5.85. The Morgan fingerprint density at radius 2 is 2.00 bits per heavy atom. The summed E-state index contributed by atoms with van der Waals surface area (Å²) in [6.45, 7) is 4.90. The van der Waals surface area contributed by atoms with Gasteiger partial charge in [-0.3, -0.25) is 0 Å². The summed E-state index contributed by atoms with van der Waals surface area (Å²) in [6.07, 6.45) is 1.67. The zero-order valence-corrected chi connectivity index (χ0v) is 12.7. The van der Waals surface area contributed by atoms with Gasteiger partial charge in [-0.1, -0.05) is 18.2 Å². The Hall–Kier alpha value is -1.79. The van der Waals surface area contributed by atoms with Gasteiger partial charge in [-0.2, -0.15) is 4.68 Å². The number of nitrogens with zero attached hydrogens (tertiary/aromatic N) is 4. The number of para-hydroxylation sites is 1. The molecule has 1 atom stereocenters. The van der Waals surface area contributed by atoms with Gasteiger partial charge in [-0.05, 0) is 49.9 Å². The SMILES string of the molecule is CNC1(c2nnnn2-c2ccccc2)CCOC(C)(C)C1. The summed E-state index contributed by atoms with van der Waals surface area (Å²) >= 11 is 0. The first-order valence-corrected chi connectivity index (χ1v) is 7.23. The summed E-state index contributed by atoms with van der Waals surface area (Å²) in [6, 6.07) is 9.97. The van der Waals surface area contributed by atoms with Gasteiger partial charge in [0.1, 0.15) is 0 Å². The molecular formula is C15H21N5O. The van der Waals surface area contributed by atoms with Crippen LogP contribution in [0, 0.1) is 0 Å². The average molecular weight is 287 g/mol. The molecular weight excluding hydrogens is 266 g/mol. The molecule has 0 amide bonds. The van der Waals surface area contributed by atoms with Crippen LogP contribution in [0.15, 0.2) is 30.3 Å². The quantitative estimate of drug-likeness (QED) is 0.930. The highest BCUT2D eigenvalue weighted by Crippen LogP contribution is 2.38. The Kier molecular flexibility index (Phi) is 3.51. The summed E-state index contributed by atoms with van der Waals surface area (Å²) < 4.78 is 7.67. The number of ether oxygens (including phenoxy) is 1. The van der Waals surface area contributed by atoms with Gasteiger partial charge in [-0.15, -0.1) is 5.10 Å². The Labute approximate surface area is 124 Å². The van der Waals surface area contributed by atoms with Crippen LogP contribution >= 0.6 is 0 Å². The largest absolute Gasteiger partial charge is 0.375 e. The fourth-order valence-corrected chi connectivity index (χ4v) is 3.11. The fourth-order valence-electron chi connectivity index (χ4n) is 3.11. The smallest absolute Gasteiger partial charge is 0.176 e. The summed E-state index contributed by atoms with van der Waals surface area (Å²) in [5, 5.41) is 15.8. The first-order valence-electron chi connectivity index (χ1n) is 7.23. The molecule has 6 nitrogen and oxygen atoms in total. The maximum Gasteiger partial charge on any atom is 0.176 e. The van der Waals surface area contributed by atoms with Crippen molar-refractivity contribution in [3.05, 3.63) is 36.2 Å². The lowest BCUT2D eigenvalue weighted by Gasteiger charge is -2.43. The van der Waals surface area contributed by atoms with E-state index in [2.05, 4.69) is 34.7 Å². The molecule has 1 aliphatic rings. The summed E-state index contributed by atoms with van der Waals surface area (Å²) in [5.74, 6) is 0.840. The van der Waals surface area contributed by atoms with Crippen LogP contribution in [0.1, 0.15) is 32.5 Å². The van der Waals surface area contributed by atoms with Crippen LogP contribution in [0.5, 0.6) is 0 Å². The van der Waals surface area contributed by atoms with E-state index in [4.69, 9.17) is 4.74 Å². The average Bonchev–Trinajstić information content (AvgIpc) is 2.97. The monoisotopic (exact) mass is 287 g/mol. The van der Waals surface area contributed by atoms with Crippen molar-refractivity contribution in [2.24, 2.45) is 0 Å². The first kappa shape index (κ1) is 14.2. The van der Waals surface area contributed by atoms with Gasteiger partial charge in [0.25, 0.3) is 0 Å². The molecule has 1 aromatic heterocycles. The number of benzene rings is 1. The zero-order valence-electron chi connectivity index (χ0n) is 12.7. The Morgan fingerprint density at radius 1 is 1.24 bits per heavy atom. The second kappa shape index (κ2) is 5.20. The lowest BCUT2D eigenvalue weighted by molar-refractivity contribution is -0.0906. The molecule has 112 valence electrons. The number of hydrogen-bond acceptors (Lipinski definition) is 5. The molecule has 3 rings (SSSR count). The number of nitrogens with one attached hydrogen (secondary N) is 1. The van der Waals surface area contributed by atoms with Crippen LogP contribution < -0.4 is 5.32 Å². The molecule has 2 aromatic rings. The molecule has 1 N–H and O–H groups in total. The Balaban J connectivity index is 2.05. The van der Waals surface area contributed by atoms with E-state index in [1.54, 1.807) is 0 Å². The number of tetrazole rings is 1. The van der Waals surface area contributed by atoms with Crippen LogP contribution in [0.2, 0.25) is 0 Å². The van der Waals surface area contributed by atoms with Crippen LogP contribution in [-0.4, -0.2) is 39.5 Å². The van der Waals surface area contributed by atoms with Crippen LogP contribution in [0.4, 0.5) is 0 Å². The second-order valence-corrected chi connectivity index (χ2v) is 6.12. The van der Waals surface area contributed by atoms with E-state index < -0.39 is 0 Å². The predicted molar refractivity (Wildman–Crippen MR) is 79.2 cm³/mol. The number of rotatable bonds is 3. The molecule has 1 aliphatic heterocycles. The molecule has 1 saturated heterocycles. The van der Waals surface area contributed by atoms with E-state index in [-0.39, 0.29) is 11.1 Å². The Bertz CT molecular complexity index is 610. The number of aromatic nitrogens is 4. The number of hydrogen-bond donors (Lipinski definition) is 1. The highest BCUT2D eigenvalue weighted by molar-refractivity contribution is 5.32. The highest BCUT2D eigenvalue weighted by Gasteiger charge is 2.44. The molecule has 2 heterocycles. The lowest BCUT2D eigenvalue weighted by atomic mass is 9.80. The molecule has 0 bridgehead atoms. The van der Waals surface area contributed by atoms with Crippen LogP contribution in [0.3, 0.4) is 0 Å². The molecule has 21 heavy (non-hydrogen) atoms. The van der Waals surface area contributed by atoms with Gasteiger partial charge in [-0.25, -0.2) is 0 Å². The van der Waals surface area contributed by atoms with E-state index >= 15 is 0 Å². The first-order chi connectivity index (χ1) is 10.1. The molecule has 0 aliphatic carbocycles. The summed E-state index contributed by atoms with van der Waals surface area (Å²) in [4.78, 5) is 0. The molecule has 0 radical (unpaired) electrons. The van der Waals surface area contributed by atoms with Gasteiger partial charge in [0.15, 0.2) is 5.82 Å². The van der Waals surface area contributed by atoms with E-state index in [9.17, 15) is 0 Å². The minimum atomic E-state index is -0.277. The van der Waals surface area contributed by atoms with Crippen molar-refractivity contribution >= 4 is 0 Å². The summed E-state index contributed by atoms with van der Waals surface area (Å²) in [7, 11) is 1.96. The van der Waals surface area contributed by atoms with Gasteiger partial charge in [0.05, 0.1) is 16.8 Å². The van der Waals surface area contributed by atoms with E-state index in [1.165, 1.54) is 0 Å². The minimum absolute atomic E-state index is 0.200. The summed E-state index contributed by atoms with van der Waals surface area (Å²) in [5.41, 5.74) is 0.493. The Morgan fingerprint density at radius 3 is 2.67 bits per heavy atom. The van der Waals surface area contributed by atoms with E-state index in [0.29, 0.717) is 6.61 Å². The van der Waals surface area contributed by atoms with Gasteiger partial charge in [0, 0.05) is 13.0 Å². The normalized spacial score (nSPS) is 24.9. The highest BCUT2D eigenvalue weighted by atomic mass is 16.5. The lowest BCUT2D eigenvalue weighted by Crippen LogP contribution is -2.52. The predicted octanol–water partition coefficient (Wildman–Crippen LogP) is 1.67. The van der Waals surface area contributed by atoms with E-state index in [0.717, 1.165) is 24.4 Å². The second-order valence-electron chi connectivity index (χ2n) is 6.12. The molecule has 1 unspecified atom stereocenters. The standard InChI is InChI=1S/C15H21N5O/c1-14(2)11-15(16-3,9-10-21-14)13-17-18-19-20(13)12-7-5-4-6-8-12/h4-8,16H,9-11H2,1-3H3. The third-order valence-electron chi connectivity index (χ3n) is 4.13. The van der Waals surface area contributed by atoms with Crippen molar-refractivity contribution < 1.29 is 4.74 Å². The van der Waals surface area contributed by atoms with E-state index in [1.807, 2.05) is 42.1 Å². The minimum Gasteiger partial charge on any atom is -0.375 e. The van der Waals surface area contributed by atoms with Crippen molar-refractivity contribution in [1.29, 1.82) is 0 Å². The molecule has 0 saturated carbocycles. The van der Waals surface area contributed by atoms with Crippen molar-refractivity contribution in [3.8, 4) is 5.69 Å². The van der Waals surface area contributed by atoms with Crippen LogP contribution in [-0.2, 0) is 10.3 Å². The van der Waals surface area contributed by atoms with Crippen molar-refractivity contribution in [1.82, 2.24) is 25.5 Å². The van der Waals surface area contributed by atoms with Gasteiger partial charge < -0.3 is 10.1 Å². The maximum atomic E-state index is 5.85. The van der Waals surface area contributed by atoms with Gasteiger partial charge >= 0.3 is 0 Å². The van der Waals surface area contributed by atoms with Gasteiger partial charge in [0.2, 0.25) is 0 Å². The topological polar surface area (TPSA) is 64.9 Å². The zero-order chi connectivity index (χ0) is 14.9. The molecule has 1 fully saturated rings.